The lowest BCUT2D eigenvalue weighted by Gasteiger charge is -2.24. The quantitative estimate of drug-likeness (QED) is 0.643. The first-order valence-corrected chi connectivity index (χ1v) is 4.38. The van der Waals surface area contributed by atoms with Crippen molar-refractivity contribution >= 4 is 18.0 Å². The molecule has 1 rings (SSSR count). The summed E-state index contributed by atoms with van der Waals surface area (Å²) < 4.78 is 0.523. The number of aliphatic hydroxyl groups excluding tert-OH is 1. The van der Waals surface area contributed by atoms with E-state index in [1.54, 1.807) is 6.07 Å². The van der Waals surface area contributed by atoms with Gasteiger partial charge in [0.2, 0.25) is 0 Å². The first-order chi connectivity index (χ1) is 6.03. The predicted octanol–water partition coefficient (Wildman–Crippen LogP) is 1.32. The Bertz CT molecular complexity index is 334. The fourth-order valence-electron chi connectivity index (χ4n) is 0.844. The van der Waals surface area contributed by atoms with E-state index in [0.29, 0.717) is 4.64 Å². The molecule has 1 heterocycles. The van der Waals surface area contributed by atoms with Gasteiger partial charge in [0.25, 0.3) is 0 Å². The second-order valence-electron chi connectivity index (χ2n) is 3.47. The zero-order valence-electron chi connectivity index (χ0n) is 7.66. The zero-order valence-corrected chi connectivity index (χ0v) is 8.48. The molecular weight excluding hydrogens is 186 g/mol. The molecule has 4 nitrogen and oxygen atoms in total. The summed E-state index contributed by atoms with van der Waals surface area (Å²) in [7, 11) is 0. The van der Waals surface area contributed by atoms with Gasteiger partial charge in [0.1, 0.15) is 10.5 Å². The van der Waals surface area contributed by atoms with Gasteiger partial charge >= 0.3 is 0 Å². The van der Waals surface area contributed by atoms with E-state index in [-0.39, 0.29) is 12.1 Å². The highest BCUT2D eigenvalue weighted by Crippen LogP contribution is 2.10. The summed E-state index contributed by atoms with van der Waals surface area (Å²) in [5.41, 5.74) is -0.361. The topological polar surface area (TPSA) is 60.9 Å². The summed E-state index contributed by atoms with van der Waals surface area (Å²) >= 11 is 4.89. The van der Waals surface area contributed by atoms with Gasteiger partial charge in [-0.1, -0.05) is 12.2 Å². The first-order valence-electron chi connectivity index (χ1n) is 3.97. The average Bonchev–Trinajstić information content (AvgIpc) is 2.03. The molecule has 72 valence electrons. The van der Waals surface area contributed by atoms with Gasteiger partial charge in [-0.15, -0.1) is 0 Å². The molecule has 0 saturated heterocycles. The Morgan fingerprint density at radius 3 is 2.92 bits per heavy atom. The lowest BCUT2D eigenvalue weighted by atomic mass is 10.1. The smallest absolute Gasteiger partial charge is 0.131 e. The van der Waals surface area contributed by atoms with E-state index < -0.39 is 0 Å². The molecule has 0 aliphatic carbocycles. The van der Waals surface area contributed by atoms with E-state index >= 15 is 0 Å². The minimum Gasteiger partial charge on any atom is -0.394 e. The molecule has 0 aromatic carbocycles. The number of hydrogen-bond donors (Lipinski definition) is 3. The molecule has 0 unspecified atom stereocenters. The SMILES string of the molecule is CC(C)(CO)Nc1cc(=S)nc[nH]1. The molecule has 5 heteroatoms. The maximum absolute atomic E-state index is 9.01. The van der Waals surface area contributed by atoms with Crippen molar-refractivity contribution in [1.29, 1.82) is 0 Å². The molecule has 0 radical (unpaired) electrons. The maximum Gasteiger partial charge on any atom is 0.131 e. The normalized spacial score (nSPS) is 11.3. The van der Waals surface area contributed by atoms with Gasteiger partial charge in [-0.25, -0.2) is 4.98 Å². The molecule has 0 fully saturated rings. The van der Waals surface area contributed by atoms with Crippen LogP contribution in [0.15, 0.2) is 12.4 Å². The monoisotopic (exact) mass is 199 g/mol. The summed E-state index contributed by atoms with van der Waals surface area (Å²) in [6.45, 7) is 3.84. The van der Waals surface area contributed by atoms with Crippen LogP contribution in [0.5, 0.6) is 0 Å². The summed E-state index contributed by atoms with van der Waals surface area (Å²) in [6, 6.07) is 1.72. The van der Waals surface area contributed by atoms with Crippen molar-refractivity contribution in [3.8, 4) is 0 Å². The van der Waals surface area contributed by atoms with Crippen molar-refractivity contribution in [2.75, 3.05) is 11.9 Å². The minimum absolute atomic E-state index is 0.0515. The third-order valence-corrected chi connectivity index (χ3v) is 1.77. The van der Waals surface area contributed by atoms with E-state index in [4.69, 9.17) is 17.3 Å². The Balaban J connectivity index is 2.80. The number of H-pyrrole nitrogens is 1. The standard InChI is InChI=1S/C8H13N3OS/c1-8(2,4-12)11-6-3-7(13)10-5-9-6/h3,5,12H,4H2,1-2H3,(H2,9,10,11,13). The van der Waals surface area contributed by atoms with Crippen LogP contribution in [0.4, 0.5) is 5.82 Å². The molecule has 0 amide bonds. The van der Waals surface area contributed by atoms with Crippen molar-refractivity contribution in [2.24, 2.45) is 0 Å². The fraction of sp³-hybridized carbons (Fsp3) is 0.500. The molecule has 13 heavy (non-hydrogen) atoms. The van der Waals surface area contributed by atoms with Crippen molar-refractivity contribution < 1.29 is 5.11 Å². The van der Waals surface area contributed by atoms with Gasteiger partial charge in [-0.05, 0) is 13.8 Å². The van der Waals surface area contributed by atoms with Crippen LogP contribution >= 0.6 is 12.2 Å². The van der Waals surface area contributed by atoms with Crippen LogP contribution in [-0.4, -0.2) is 27.2 Å². The van der Waals surface area contributed by atoms with Gasteiger partial charge in [-0.3, -0.25) is 0 Å². The van der Waals surface area contributed by atoms with E-state index in [1.165, 1.54) is 6.33 Å². The average molecular weight is 199 g/mol. The van der Waals surface area contributed by atoms with Crippen LogP contribution in [0.3, 0.4) is 0 Å². The lowest BCUT2D eigenvalue weighted by molar-refractivity contribution is 0.234. The van der Waals surface area contributed by atoms with Crippen LogP contribution in [0.2, 0.25) is 0 Å². The highest BCUT2D eigenvalue weighted by Gasteiger charge is 2.15. The highest BCUT2D eigenvalue weighted by atomic mass is 32.1. The number of rotatable bonds is 3. The largest absolute Gasteiger partial charge is 0.394 e. The Kier molecular flexibility index (Phi) is 3.00. The van der Waals surface area contributed by atoms with E-state index in [0.717, 1.165) is 5.82 Å². The second-order valence-corrected chi connectivity index (χ2v) is 3.88. The second kappa shape index (κ2) is 3.85. The maximum atomic E-state index is 9.01. The Morgan fingerprint density at radius 1 is 1.69 bits per heavy atom. The molecule has 1 aromatic heterocycles. The van der Waals surface area contributed by atoms with Crippen molar-refractivity contribution in [3.63, 3.8) is 0 Å². The van der Waals surface area contributed by atoms with Crippen molar-refractivity contribution in [1.82, 2.24) is 9.97 Å². The third kappa shape index (κ3) is 3.12. The van der Waals surface area contributed by atoms with Crippen LogP contribution in [0.25, 0.3) is 0 Å². The van der Waals surface area contributed by atoms with Crippen molar-refractivity contribution in [3.05, 3.63) is 17.0 Å². The molecule has 0 aliphatic heterocycles. The number of aliphatic hydroxyl groups is 1. The summed E-state index contributed by atoms with van der Waals surface area (Å²) in [6.07, 6.45) is 1.53. The molecule has 0 bridgehead atoms. The Labute approximate surface area is 82.0 Å². The van der Waals surface area contributed by atoms with E-state index in [2.05, 4.69) is 15.3 Å². The fourth-order valence-corrected chi connectivity index (χ4v) is 1.01. The van der Waals surface area contributed by atoms with Gasteiger partial charge in [0.15, 0.2) is 0 Å². The Morgan fingerprint density at radius 2 is 2.38 bits per heavy atom. The number of nitrogens with one attached hydrogen (secondary N) is 2. The van der Waals surface area contributed by atoms with Gasteiger partial charge in [0.05, 0.1) is 18.5 Å². The zero-order chi connectivity index (χ0) is 9.90. The van der Waals surface area contributed by atoms with Gasteiger partial charge < -0.3 is 15.4 Å². The van der Waals surface area contributed by atoms with Crippen LogP contribution < -0.4 is 5.32 Å². The van der Waals surface area contributed by atoms with Gasteiger partial charge in [0, 0.05) is 6.07 Å². The first kappa shape index (κ1) is 10.1. The number of hydrogen-bond acceptors (Lipinski definition) is 4. The van der Waals surface area contributed by atoms with Gasteiger partial charge in [-0.2, -0.15) is 0 Å². The minimum atomic E-state index is -0.361. The summed E-state index contributed by atoms with van der Waals surface area (Å²) in [5, 5.41) is 12.1. The number of nitrogens with zero attached hydrogens (tertiary/aromatic N) is 1. The molecule has 3 N–H and O–H groups in total. The Hall–Kier alpha value is -0.940. The van der Waals surface area contributed by atoms with Crippen molar-refractivity contribution in [2.45, 2.75) is 19.4 Å². The molecule has 0 saturated carbocycles. The number of anilines is 1. The highest BCUT2D eigenvalue weighted by molar-refractivity contribution is 7.71. The van der Waals surface area contributed by atoms with Crippen LogP contribution in [0, 0.1) is 4.64 Å². The number of aromatic amines is 1. The molecular formula is C8H13N3OS. The summed E-state index contributed by atoms with van der Waals surface area (Å²) in [5.74, 6) is 0.763. The molecule has 0 aliphatic rings. The van der Waals surface area contributed by atoms with Crippen LogP contribution in [-0.2, 0) is 0 Å². The number of aromatic nitrogens is 2. The predicted molar refractivity (Wildman–Crippen MR) is 54.2 cm³/mol. The molecule has 0 spiro atoms. The van der Waals surface area contributed by atoms with Crippen LogP contribution in [0.1, 0.15) is 13.8 Å². The summed E-state index contributed by atoms with van der Waals surface area (Å²) in [4.78, 5) is 6.75. The lowest BCUT2D eigenvalue weighted by Crippen LogP contribution is -2.35. The van der Waals surface area contributed by atoms with E-state index in [1.807, 2.05) is 13.8 Å². The third-order valence-electron chi connectivity index (χ3n) is 1.55. The molecule has 1 aromatic rings. The van der Waals surface area contributed by atoms with E-state index in [9.17, 15) is 0 Å². The molecule has 0 atom stereocenters.